The van der Waals surface area contributed by atoms with Crippen LogP contribution in [0, 0.1) is 6.07 Å². The van der Waals surface area contributed by atoms with Gasteiger partial charge in [0.05, 0.1) is 11.9 Å². The van der Waals surface area contributed by atoms with Gasteiger partial charge in [-0.3, -0.25) is 4.72 Å². The summed E-state index contributed by atoms with van der Waals surface area (Å²) in [5.41, 5.74) is 0.139. The van der Waals surface area contributed by atoms with Crippen LogP contribution in [0.2, 0.25) is 0 Å². The van der Waals surface area contributed by atoms with Gasteiger partial charge in [0.15, 0.2) is 0 Å². The van der Waals surface area contributed by atoms with Crippen LogP contribution in [0.5, 0.6) is 5.75 Å². The van der Waals surface area contributed by atoms with Crippen LogP contribution in [-0.4, -0.2) is 19.8 Å². The molecule has 1 rings (SSSR count). The lowest BCUT2D eigenvalue weighted by atomic mass is 10.3. The highest BCUT2D eigenvalue weighted by molar-refractivity contribution is 7.92. The maximum atomic E-state index is 10.7. The number of sulfonamides is 1. The molecule has 0 amide bonds. The number of benzene rings is 1. The molecule has 0 aromatic heterocycles. The molecule has 5 heteroatoms. The SMILES string of the molecule is CS(=O)(=O)Nc1ccc[c]c1O. The van der Waals surface area contributed by atoms with E-state index in [1.807, 2.05) is 0 Å². The van der Waals surface area contributed by atoms with E-state index in [0.29, 0.717) is 0 Å². The van der Waals surface area contributed by atoms with E-state index < -0.39 is 10.0 Å². The van der Waals surface area contributed by atoms with E-state index in [2.05, 4.69) is 10.8 Å². The van der Waals surface area contributed by atoms with Crippen molar-refractivity contribution in [1.29, 1.82) is 0 Å². The molecular formula is C7H8NO3S. The first-order valence-corrected chi connectivity index (χ1v) is 5.05. The highest BCUT2D eigenvalue weighted by Crippen LogP contribution is 2.21. The Balaban J connectivity index is 2.98. The van der Waals surface area contributed by atoms with Crippen LogP contribution < -0.4 is 4.72 Å². The second-order valence-electron chi connectivity index (χ2n) is 2.31. The number of phenols is 1. The number of hydrogen-bond donors (Lipinski definition) is 2. The first kappa shape index (κ1) is 8.86. The highest BCUT2D eigenvalue weighted by Gasteiger charge is 2.04. The van der Waals surface area contributed by atoms with Gasteiger partial charge in [-0.2, -0.15) is 0 Å². The number of hydrogen-bond acceptors (Lipinski definition) is 3. The molecule has 1 aromatic rings. The van der Waals surface area contributed by atoms with Crippen molar-refractivity contribution in [3.8, 4) is 5.75 Å². The molecule has 0 aliphatic heterocycles. The molecule has 0 heterocycles. The normalized spacial score (nSPS) is 11.1. The number of para-hydroxylation sites is 1. The van der Waals surface area contributed by atoms with Crippen molar-refractivity contribution >= 4 is 15.7 Å². The van der Waals surface area contributed by atoms with Gasteiger partial charge in [0.25, 0.3) is 0 Å². The molecule has 2 N–H and O–H groups in total. The van der Waals surface area contributed by atoms with Crippen molar-refractivity contribution in [1.82, 2.24) is 0 Å². The van der Waals surface area contributed by atoms with E-state index in [-0.39, 0.29) is 11.4 Å². The van der Waals surface area contributed by atoms with Gasteiger partial charge in [-0.25, -0.2) is 8.42 Å². The number of rotatable bonds is 2. The molecule has 0 aliphatic rings. The van der Waals surface area contributed by atoms with Crippen molar-refractivity contribution < 1.29 is 13.5 Å². The summed E-state index contributed by atoms with van der Waals surface area (Å²) < 4.78 is 23.6. The third-order valence-electron chi connectivity index (χ3n) is 1.13. The summed E-state index contributed by atoms with van der Waals surface area (Å²) in [6, 6.07) is 6.97. The highest BCUT2D eigenvalue weighted by atomic mass is 32.2. The van der Waals surface area contributed by atoms with Crippen LogP contribution in [0.1, 0.15) is 0 Å². The smallest absolute Gasteiger partial charge is 0.229 e. The van der Waals surface area contributed by atoms with Gasteiger partial charge in [0.2, 0.25) is 10.0 Å². The molecule has 0 saturated heterocycles. The Morgan fingerprint density at radius 2 is 2.25 bits per heavy atom. The fourth-order valence-corrected chi connectivity index (χ4v) is 1.27. The van der Waals surface area contributed by atoms with Crippen LogP contribution in [0.25, 0.3) is 0 Å². The molecule has 1 radical (unpaired) electrons. The molecule has 0 saturated carbocycles. The zero-order valence-electron chi connectivity index (χ0n) is 6.40. The standard InChI is InChI=1S/C7H8NO3S/c1-12(10,11)8-6-4-2-3-5-7(6)9/h2-4,8-9H,1H3. The van der Waals surface area contributed by atoms with E-state index in [1.165, 1.54) is 12.1 Å². The Labute approximate surface area is 70.9 Å². The van der Waals surface area contributed by atoms with E-state index in [1.54, 1.807) is 6.07 Å². The van der Waals surface area contributed by atoms with Gasteiger partial charge >= 0.3 is 0 Å². The first-order valence-electron chi connectivity index (χ1n) is 3.16. The summed E-state index contributed by atoms with van der Waals surface area (Å²) in [7, 11) is -3.33. The lowest BCUT2D eigenvalue weighted by Crippen LogP contribution is -2.09. The Kier molecular flexibility index (Phi) is 2.23. The summed E-state index contributed by atoms with van der Waals surface area (Å²) in [6.45, 7) is 0. The van der Waals surface area contributed by atoms with Crippen molar-refractivity contribution in [3.63, 3.8) is 0 Å². The van der Waals surface area contributed by atoms with Crippen molar-refractivity contribution in [3.05, 3.63) is 24.3 Å². The minimum Gasteiger partial charge on any atom is -0.505 e. The Hall–Kier alpha value is -1.23. The largest absolute Gasteiger partial charge is 0.505 e. The van der Waals surface area contributed by atoms with Crippen molar-refractivity contribution in [2.45, 2.75) is 0 Å². The van der Waals surface area contributed by atoms with Crippen molar-refractivity contribution in [2.24, 2.45) is 0 Å². The molecular weight excluding hydrogens is 178 g/mol. The summed E-state index contributed by atoms with van der Waals surface area (Å²) in [5, 5.41) is 9.09. The lowest BCUT2D eigenvalue weighted by molar-refractivity contribution is 0.476. The predicted molar refractivity (Wildman–Crippen MR) is 45.4 cm³/mol. The fourth-order valence-electron chi connectivity index (χ4n) is 0.710. The van der Waals surface area contributed by atoms with Gasteiger partial charge in [0.1, 0.15) is 5.75 Å². The number of aromatic hydroxyl groups is 1. The summed E-state index contributed by atoms with van der Waals surface area (Å²) >= 11 is 0. The molecule has 0 spiro atoms. The maximum absolute atomic E-state index is 10.7. The minimum atomic E-state index is -3.33. The fraction of sp³-hybridized carbons (Fsp3) is 0.143. The molecule has 0 atom stereocenters. The number of phenolic OH excluding ortho intramolecular Hbond substituents is 1. The molecule has 0 fully saturated rings. The zero-order chi connectivity index (χ0) is 9.19. The number of nitrogens with one attached hydrogen (secondary N) is 1. The quantitative estimate of drug-likeness (QED) is 0.663. The summed E-state index contributed by atoms with van der Waals surface area (Å²) in [6.07, 6.45) is 1.01. The van der Waals surface area contributed by atoms with Gasteiger partial charge in [-0.1, -0.05) is 12.1 Å². The summed E-state index contributed by atoms with van der Waals surface area (Å²) in [4.78, 5) is 0. The topological polar surface area (TPSA) is 66.4 Å². The van der Waals surface area contributed by atoms with Crippen LogP contribution in [0.3, 0.4) is 0 Å². The van der Waals surface area contributed by atoms with Crippen LogP contribution in [0.4, 0.5) is 5.69 Å². The van der Waals surface area contributed by atoms with Crippen LogP contribution in [-0.2, 0) is 10.0 Å². The minimum absolute atomic E-state index is 0.139. The lowest BCUT2D eigenvalue weighted by Gasteiger charge is -2.04. The second kappa shape index (κ2) is 3.02. The Morgan fingerprint density at radius 3 is 2.75 bits per heavy atom. The Bertz CT molecular complexity index is 372. The molecule has 0 unspecified atom stereocenters. The molecule has 4 nitrogen and oxygen atoms in total. The third kappa shape index (κ3) is 2.43. The van der Waals surface area contributed by atoms with Crippen molar-refractivity contribution in [2.75, 3.05) is 11.0 Å². The van der Waals surface area contributed by atoms with Gasteiger partial charge in [-0.15, -0.1) is 0 Å². The molecule has 0 bridgehead atoms. The molecule has 65 valence electrons. The molecule has 12 heavy (non-hydrogen) atoms. The van der Waals surface area contributed by atoms with Gasteiger partial charge in [0, 0.05) is 6.07 Å². The van der Waals surface area contributed by atoms with E-state index in [0.717, 1.165) is 6.26 Å². The molecule has 0 aliphatic carbocycles. The predicted octanol–water partition coefficient (Wildman–Crippen LogP) is 0.564. The average Bonchev–Trinajstić information content (AvgIpc) is 1.91. The maximum Gasteiger partial charge on any atom is 0.229 e. The monoisotopic (exact) mass is 186 g/mol. The van der Waals surface area contributed by atoms with E-state index in [9.17, 15) is 8.42 Å². The van der Waals surface area contributed by atoms with E-state index in [4.69, 9.17) is 5.11 Å². The van der Waals surface area contributed by atoms with Gasteiger partial charge in [-0.05, 0) is 6.07 Å². The van der Waals surface area contributed by atoms with Crippen LogP contribution in [0.15, 0.2) is 18.2 Å². The zero-order valence-corrected chi connectivity index (χ0v) is 7.22. The Morgan fingerprint density at radius 1 is 1.58 bits per heavy atom. The summed E-state index contributed by atoms with van der Waals surface area (Å²) in [5.74, 6) is -0.206. The second-order valence-corrected chi connectivity index (χ2v) is 4.06. The van der Waals surface area contributed by atoms with Gasteiger partial charge < -0.3 is 5.11 Å². The third-order valence-corrected chi connectivity index (χ3v) is 1.72. The number of anilines is 1. The first-order chi connectivity index (χ1) is 5.49. The van der Waals surface area contributed by atoms with E-state index >= 15 is 0 Å². The van der Waals surface area contributed by atoms with Crippen LogP contribution >= 0.6 is 0 Å². The molecule has 1 aromatic carbocycles. The average molecular weight is 186 g/mol.